The van der Waals surface area contributed by atoms with Crippen molar-refractivity contribution in [2.45, 2.75) is 31.5 Å². The van der Waals surface area contributed by atoms with Gasteiger partial charge in [-0.25, -0.2) is 0 Å². The largest absolute Gasteiger partial charge is 0.390 e. The third-order valence-electron chi connectivity index (χ3n) is 3.35. The van der Waals surface area contributed by atoms with E-state index in [1.54, 1.807) is 18.2 Å². The smallest absolute Gasteiger partial charge is 0.163 e. The quantitative estimate of drug-likeness (QED) is 0.480. The Hall–Kier alpha value is -1.88. The van der Waals surface area contributed by atoms with Gasteiger partial charge in [-0.1, -0.05) is 23.3 Å². The van der Waals surface area contributed by atoms with E-state index in [9.17, 15) is 15.0 Å². The SMILES string of the molecule is [N-]=[N+]=NCCC(O)C(O)c1ccc2c(c1)CCC2=O. The van der Waals surface area contributed by atoms with Gasteiger partial charge in [0.2, 0.25) is 0 Å². The number of aryl methyl sites for hydroxylation is 1. The number of rotatable bonds is 5. The van der Waals surface area contributed by atoms with Crippen molar-refractivity contribution < 1.29 is 15.0 Å². The average molecular weight is 261 g/mol. The van der Waals surface area contributed by atoms with Gasteiger partial charge in [-0.05, 0) is 29.5 Å². The number of hydrogen-bond donors (Lipinski definition) is 2. The third kappa shape index (κ3) is 2.93. The standard InChI is InChI=1S/C13H15N3O3/c14-16-15-6-5-12(18)13(19)9-1-3-10-8(7-9)2-4-11(10)17/h1,3,7,12-13,18-19H,2,4-6H2. The number of benzene rings is 1. The van der Waals surface area contributed by atoms with Crippen molar-refractivity contribution in [1.82, 2.24) is 0 Å². The predicted molar refractivity (Wildman–Crippen MR) is 68.7 cm³/mol. The molecule has 2 rings (SSSR count). The van der Waals surface area contributed by atoms with Gasteiger partial charge in [0.15, 0.2) is 5.78 Å². The zero-order valence-electron chi connectivity index (χ0n) is 10.4. The minimum Gasteiger partial charge on any atom is -0.390 e. The molecule has 1 aliphatic carbocycles. The van der Waals surface area contributed by atoms with Gasteiger partial charge in [0.1, 0.15) is 6.10 Å². The third-order valence-corrected chi connectivity index (χ3v) is 3.35. The van der Waals surface area contributed by atoms with E-state index in [-0.39, 0.29) is 18.7 Å². The Kier molecular flexibility index (Phi) is 4.16. The normalized spacial score (nSPS) is 16.6. The topological polar surface area (TPSA) is 106 Å². The molecule has 0 spiro atoms. The molecule has 19 heavy (non-hydrogen) atoms. The first-order valence-electron chi connectivity index (χ1n) is 6.16. The lowest BCUT2D eigenvalue weighted by Crippen LogP contribution is -2.19. The summed E-state index contributed by atoms with van der Waals surface area (Å²) in [5.74, 6) is 0.125. The van der Waals surface area contributed by atoms with E-state index in [0.717, 1.165) is 5.56 Å². The van der Waals surface area contributed by atoms with Crippen molar-refractivity contribution in [3.05, 3.63) is 45.3 Å². The van der Waals surface area contributed by atoms with Gasteiger partial charge in [0, 0.05) is 23.4 Å². The Labute approximate surface area is 110 Å². The van der Waals surface area contributed by atoms with Crippen LogP contribution in [0.3, 0.4) is 0 Å². The van der Waals surface area contributed by atoms with E-state index in [4.69, 9.17) is 5.53 Å². The number of ketones is 1. The molecule has 0 heterocycles. The highest BCUT2D eigenvalue weighted by Gasteiger charge is 2.23. The molecule has 100 valence electrons. The maximum absolute atomic E-state index is 11.5. The molecule has 2 N–H and O–H groups in total. The minimum atomic E-state index is -1.03. The number of fused-ring (bicyclic) bond motifs is 1. The van der Waals surface area contributed by atoms with Crippen molar-refractivity contribution in [1.29, 1.82) is 0 Å². The Morgan fingerprint density at radius 1 is 1.37 bits per heavy atom. The Morgan fingerprint density at radius 3 is 2.89 bits per heavy atom. The fourth-order valence-corrected chi connectivity index (χ4v) is 2.27. The number of hydrogen-bond acceptors (Lipinski definition) is 4. The van der Waals surface area contributed by atoms with Crippen molar-refractivity contribution in [3.63, 3.8) is 0 Å². The van der Waals surface area contributed by atoms with Gasteiger partial charge in [0.25, 0.3) is 0 Å². The molecule has 0 fully saturated rings. The molecule has 0 bridgehead atoms. The van der Waals surface area contributed by atoms with Crippen LogP contribution in [0.25, 0.3) is 10.4 Å². The number of carbonyl (C=O) groups is 1. The van der Waals surface area contributed by atoms with Crippen LogP contribution < -0.4 is 0 Å². The molecule has 1 aliphatic rings. The average Bonchev–Trinajstić information content (AvgIpc) is 2.79. The number of nitrogens with zero attached hydrogens (tertiary/aromatic N) is 3. The van der Waals surface area contributed by atoms with Gasteiger partial charge in [0.05, 0.1) is 6.10 Å². The fraction of sp³-hybridized carbons (Fsp3) is 0.462. The van der Waals surface area contributed by atoms with Gasteiger partial charge in [-0.3, -0.25) is 4.79 Å². The molecule has 0 radical (unpaired) electrons. The molecule has 2 unspecified atom stereocenters. The molecule has 1 aromatic carbocycles. The van der Waals surface area contributed by atoms with Crippen LogP contribution in [0.4, 0.5) is 0 Å². The van der Waals surface area contributed by atoms with Crippen LogP contribution in [-0.2, 0) is 6.42 Å². The first-order chi connectivity index (χ1) is 9.13. The van der Waals surface area contributed by atoms with Crippen molar-refractivity contribution in [2.24, 2.45) is 5.11 Å². The van der Waals surface area contributed by atoms with Crippen LogP contribution in [0.5, 0.6) is 0 Å². The molecule has 0 amide bonds. The monoisotopic (exact) mass is 261 g/mol. The summed E-state index contributed by atoms with van der Waals surface area (Å²) >= 11 is 0. The van der Waals surface area contributed by atoms with Crippen molar-refractivity contribution in [3.8, 4) is 0 Å². The molecule has 2 atom stereocenters. The highest BCUT2D eigenvalue weighted by Crippen LogP contribution is 2.27. The maximum Gasteiger partial charge on any atom is 0.163 e. The molecule has 6 heteroatoms. The second-order valence-corrected chi connectivity index (χ2v) is 4.60. The van der Waals surface area contributed by atoms with Crippen LogP contribution in [-0.4, -0.2) is 28.6 Å². The summed E-state index contributed by atoms with van der Waals surface area (Å²) in [4.78, 5) is 14.1. The zero-order chi connectivity index (χ0) is 13.8. The number of Topliss-reactive ketones (excluding diaryl/α,β-unsaturated/α-hetero) is 1. The number of aliphatic hydroxyl groups is 2. The van der Waals surface area contributed by atoms with E-state index < -0.39 is 12.2 Å². The highest BCUT2D eigenvalue weighted by molar-refractivity contribution is 6.00. The number of azide groups is 1. The predicted octanol–water partition coefficient (Wildman–Crippen LogP) is 1.91. The molecule has 0 saturated heterocycles. The molecule has 0 saturated carbocycles. The summed E-state index contributed by atoms with van der Waals surface area (Å²) in [5, 5.41) is 23.1. The lowest BCUT2D eigenvalue weighted by atomic mass is 9.98. The summed E-state index contributed by atoms with van der Waals surface area (Å²) in [6.45, 7) is 0.137. The van der Waals surface area contributed by atoms with Gasteiger partial charge in [-0.15, -0.1) is 0 Å². The molecule has 1 aromatic rings. The summed E-state index contributed by atoms with van der Waals surface area (Å²) in [6, 6.07) is 5.12. The van der Waals surface area contributed by atoms with Gasteiger partial charge in [-0.2, -0.15) is 0 Å². The molecule has 6 nitrogen and oxygen atoms in total. The van der Waals surface area contributed by atoms with Crippen LogP contribution in [0.15, 0.2) is 23.3 Å². The molecular weight excluding hydrogens is 246 g/mol. The number of aliphatic hydroxyl groups excluding tert-OH is 2. The summed E-state index contributed by atoms with van der Waals surface area (Å²) in [6.07, 6.45) is -0.630. The van der Waals surface area contributed by atoms with Crippen molar-refractivity contribution in [2.75, 3.05) is 6.54 Å². The molecular formula is C13H15N3O3. The minimum absolute atomic E-state index is 0.125. The van der Waals surface area contributed by atoms with E-state index in [1.807, 2.05) is 0 Å². The Bertz CT molecular complexity index is 538. The second-order valence-electron chi connectivity index (χ2n) is 4.60. The first-order valence-corrected chi connectivity index (χ1v) is 6.16. The van der Waals surface area contributed by atoms with Crippen LogP contribution in [0.1, 0.15) is 40.4 Å². The molecule has 0 aliphatic heterocycles. The second kappa shape index (κ2) is 5.84. The summed E-state index contributed by atoms with van der Waals surface area (Å²) < 4.78 is 0. The van der Waals surface area contributed by atoms with E-state index in [0.29, 0.717) is 24.0 Å². The van der Waals surface area contributed by atoms with E-state index in [2.05, 4.69) is 10.0 Å². The lowest BCUT2D eigenvalue weighted by molar-refractivity contribution is 0.0150. The van der Waals surface area contributed by atoms with Gasteiger partial charge >= 0.3 is 0 Å². The fourth-order valence-electron chi connectivity index (χ4n) is 2.27. The van der Waals surface area contributed by atoms with Gasteiger partial charge < -0.3 is 10.2 Å². The number of carbonyl (C=O) groups excluding carboxylic acids is 1. The maximum atomic E-state index is 11.5. The lowest BCUT2D eigenvalue weighted by Gasteiger charge is -2.18. The highest BCUT2D eigenvalue weighted by atomic mass is 16.3. The van der Waals surface area contributed by atoms with E-state index in [1.165, 1.54) is 0 Å². The van der Waals surface area contributed by atoms with Crippen LogP contribution >= 0.6 is 0 Å². The first kappa shape index (κ1) is 13.5. The summed E-state index contributed by atoms with van der Waals surface area (Å²) in [5.41, 5.74) is 10.4. The zero-order valence-corrected chi connectivity index (χ0v) is 10.4. The van der Waals surface area contributed by atoms with E-state index >= 15 is 0 Å². The Balaban J connectivity index is 2.09. The molecule has 0 aromatic heterocycles. The Morgan fingerprint density at radius 2 is 2.16 bits per heavy atom. The van der Waals surface area contributed by atoms with Crippen LogP contribution in [0.2, 0.25) is 0 Å². The summed E-state index contributed by atoms with van der Waals surface area (Å²) in [7, 11) is 0. The van der Waals surface area contributed by atoms with Crippen LogP contribution in [0, 0.1) is 0 Å². The van der Waals surface area contributed by atoms with Crippen molar-refractivity contribution >= 4 is 5.78 Å².